The second kappa shape index (κ2) is 6.51. The lowest BCUT2D eigenvalue weighted by Gasteiger charge is -2.24. The molecule has 102 valence electrons. The van der Waals surface area contributed by atoms with E-state index < -0.39 is 5.97 Å². The summed E-state index contributed by atoms with van der Waals surface area (Å²) in [6, 6.07) is 0. The molecule has 6 heteroatoms. The van der Waals surface area contributed by atoms with Crippen LogP contribution >= 0.6 is 0 Å². The predicted octanol–water partition coefficient (Wildman–Crippen LogP) is 1.26. The molecule has 0 spiro atoms. The highest BCUT2D eigenvalue weighted by atomic mass is 16.5. The van der Waals surface area contributed by atoms with E-state index in [1.807, 2.05) is 0 Å². The maximum Gasteiger partial charge on any atom is 0.341 e. The van der Waals surface area contributed by atoms with Crippen molar-refractivity contribution in [1.82, 2.24) is 10.5 Å². The highest BCUT2D eigenvalue weighted by molar-refractivity contribution is 5.88. The van der Waals surface area contributed by atoms with E-state index in [1.165, 1.54) is 6.20 Å². The Morgan fingerprint density at radius 2 is 2.28 bits per heavy atom. The minimum Gasteiger partial charge on any atom is -0.478 e. The average Bonchev–Trinajstić information content (AvgIpc) is 2.74. The summed E-state index contributed by atoms with van der Waals surface area (Å²) in [5.41, 5.74) is 0.141. The van der Waals surface area contributed by atoms with Gasteiger partial charge in [0.2, 0.25) is 0 Å². The number of aliphatic hydroxyl groups excluding tert-OH is 1. The third-order valence-electron chi connectivity index (χ3n) is 2.78. The molecule has 0 atom stereocenters. The Morgan fingerprint density at radius 3 is 2.89 bits per heavy atom. The first-order chi connectivity index (χ1) is 8.46. The molecule has 0 saturated carbocycles. The monoisotopic (exact) mass is 256 g/mol. The van der Waals surface area contributed by atoms with Crippen molar-refractivity contribution in [3.8, 4) is 0 Å². The van der Waals surface area contributed by atoms with Gasteiger partial charge in [0.15, 0.2) is 5.76 Å². The van der Waals surface area contributed by atoms with Gasteiger partial charge in [-0.2, -0.15) is 0 Å². The van der Waals surface area contributed by atoms with Gasteiger partial charge in [0.05, 0.1) is 12.7 Å². The van der Waals surface area contributed by atoms with Crippen molar-refractivity contribution in [3.05, 3.63) is 17.5 Å². The van der Waals surface area contributed by atoms with Crippen molar-refractivity contribution in [2.24, 2.45) is 5.41 Å². The van der Waals surface area contributed by atoms with Gasteiger partial charge in [0.25, 0.3) is 0 Å². The molecule has 0 radical (unpaired) electrons. The molecule has 1 aromatic heterocycles. The number of nitrogens with zero attached hydrogens (tertiary/aromatic N) is 1. The second-order valence-corrected chi connectivity index (χ2v) is 5.06. The zero-order valence-electron chi connectivity index (χ0n) is 10.8. The summed E-state index contributed by atoms with van der Waals surface area (Å²) >= 11 is 0. The number of nitrogens with one attached hydrogen (secondary N) is 1. The number of aliphatic hydroxyl groups is 1. The number of hydrogen-bond acceptors (Lipinski definition) is 5. The molecule has 0 unspecified atom stereocenters. The van der Waals surface area contributed by atoms with E-state index in [2.05, 4.69) is 24.3 Å². The summed E-state index contributed by atoms with van der Waals surface area (Å²) in [6.45, 7) is 5.42. The van der Waals surface area contributed by atoms with E-state index in [4.69, 9.17) is 14.7 Å². The molecule has 0 aromatic carbocycles. The van der Waals surface area contributed by atoms with Crippen molar-refractivity contribution < 1.29 is 19.5 Å². The Bertz CT molecular complexity index is 387. The molecule has 6 nitrogen and oxygen atoms in total. The lowest BCUT2D eigenvalue weighted by molar-refractivity contribution is 0.0694. The fourth-order valence-corrected chi connectivity index (χ4v) is 1.73. The van der Waals surface area contributed by atoms with Crippen molar-refractivity contribution in [3.63, 3.8) is 0 Å². The Hall–Kier alpha value is -1.40. The fourth-order valence-electron chi connectivity index (χ4n) is 1.73. The molecule has 0 saturated heterocycles. The topological polar surface area (TPSA) is 95.6 Å². The molecule has 1 aromatic rings. The number of aromatic nitrogens is 1. The molecular weight excluding hydrogens is 236 g/mol. The SMILES string of the molecule is CC(C)(CCCO)CNCc1oncc1C(=O)O. The second-order valence-electron chi connectivity index (χ2n) is 5.06. The lowest BCUT2D eigenvalue weighted by atomic mass is 9.88. The molecule has 0 aliphatic heterocycles. The summed E-state index contributed by atoms with van der Waals surface area (Å²) in [7, 11) is 0. The van der Waals surface area contributed by atoms with Crippen LogP contribution in [-0.2, 0) is 6.54 Å². The van der Waals surface area contributed by atoms with Gasteiger partial charge in [-0.15, -0.1) is 0 Å². The molecule has 0 aliphatic carbocycles. The predicted molar refractivity (Wildman–Crippen MR) is 65.3 cm³/mol. The minimum absolute atomic E-state index is 0.0478. The molecular formula is C12H20N2O4. The standard InChI is InChI=1S/C12H20N2O4/c1-12(2,4-3-5-15)8-13-7-10-9(11(16)17)6-14-18-10/h6,13,15H,3-5,7-8H2,1-2H3,(H,16,17). The van der Waals surface area contributed by atoms with Gasteiger partial charge in [0, 0.05) is 13.2 Å². The Labute approximate surface area is 106 Å². The molecule has 1 heterocycles. The zero-order chi connectivity index (χ0) is 13.6. The van der Waals surface area contributed by atoms with Crippen LogP contribution in [0.15, 0.2) is 10.7 Å². The summed E-state index contributed by atoms with van der Waals surface area (Å²) in [5.74, 6) is -0.701. The molecule has 18 heavy (non-hydrogen) atoms. The molecule has 0 bridgehead atoms. The molecule has 0 aliphatic rings. The van der Waals surface area contributed by atoms with Gasteiger partial charge in [-0.1, -0.05) is 19.0 Å². The van der Waals surface area contributed by atoms with Crippen LogP contribution in [0.25, 0.3) is 0 Å². The van der Waals surface area contributed by atoms with Gasteiger partial charge in [0.1, 0.15) is 5.56 Å². The lowest BCUT2D eigenvalue weighted by Crippen LogP contribution is -2.29. The van der Waals surface area contributed by atoms with Gasteiger partial charge in [-0.05, 0) is 18.3 Å². The first kappa shape index (κ1) is 14.7. The quantitative estimate of drug-likeness (QED) is 0.648. The summed E-state index contributed by atoms with van der Waals surface area (Å²) in [6.07, 6.45) is 2.87. The largest absolute Gasteiger partial charge is 0.478 e. The van der Waals surface area contributed by atoms with E-state index in [-0.39, 0.29) is 17.6 Å². The van der Waals surface area contributed by atoms with Crippen molar-refractivity contribution >= 4 is 5.97 Å². The number of aromatic carboxylic acids is 1. The maximum atomic E-state index is 10.8. The van der Waals surface area contributed by atoms with Crippen LogP contribution < -0.4 is 5.32 Å². The zero-order valence-corrected chi connectivity index (χ0v) is 10.8. The first-order valence-electron chi connectivity index (χ1n) is 5.95. The number of carboxylic acids is 1. The van der Waals surface area contributed by atoms with Crippen LogP contribution in [0.1, 0.15) is 42.8 Å². The van der Waals surface area contributed by atoms with Gasteiger partial charge >= 0.3 is 5.97 Å². The molecule has 0 fully saturated rings. The van der Waals surface area contributed by atoms with E-state index in [0.717, 1.165) is 12.8 Å². The fraction of sp³-hybridized carbons (Fsp3) is 0.667. The van der Waals surface area contributed by atoms with E-state index in [0.29, 0.717) is 18.8 Å². The van der Waals surface area contributed by atoms with Crippen LogP contribution in [0, 0.1) is 5.41 Å². The minimum atomic E-state index is -1.03. The smallest absolute Gasteiger partial charge is 0.341 e. The Kier molecular flexibility index (Phi) is 5.30. The number of rotatable bonds is 8. The van der Waals surface area contributed by atoms with Crippen LogP contribution in [0.3, 0.4) is 0 Å². The Morgan fingerprint density at radius 1 is 1.56 bits per heavy atom. The third kappa shape index (κ3) is 4.46. The highest BCUT2D eigenvalue weighted by Gasteiger charge is 2.19. The van der Waals surface area contributed by atoms with E-state index >= 15 is 0 Å². The maximum absolute atomic E-state index is 10.8. The van der Waals surface area contributed by atoms with Crippen LogP contribution in [0.2, 0.25) is 0 Å². The molecule has 0 amide bonds. The van der Waals surface area contributed by atoms with Gasteiger partial charge in [-0.3, -0.25) is 0 Å². The van der Waals surface area contributed by atoms with Gasteiger partial charge < -0.3 is 20.1 Å². The summed E-state index contributed by atoms with van der Waals surface area (Å²) in [4.78, 5) is 10.8. The molecule has 1 rings (SSSR count). The van der Waals surface area contributed by atoms with E-state index in [9.17, 15) is 4.79 Å². The first-order valence-corrected chi connectivity index (χ1v) is 5.95. The highest BCUT2D eigenvalue weighted by Crippen LogP contribution is 2.21. The van der Waals surface area contributed by atoms with Crippen molar-refractivity contribution in [2.45, 2.75) is 33.2 Å². The third-order valence-corrected chi connectivity index (χ3v) is 2.78. The Balaban J connectivity index is 2.41. The average molecular weight is 256 g/mol. The van der Waals surface area contributed by atoms with Crippen LogP contribution in [0.4, 0.5) is 0 Å². The number of hydrogen-bond donors (Lipinski definition) is 3. The normalized spacial score (nSPS) is 11.7. The molecule has 3 N–H and O–H groups in total. The number of carboxylic acid groups (broad SMARTS) is 1. The number of carbonyl (C=O) groups is 1. The summed E-state index contributed by atoms with van der Waals surface area (Å²) < 4.78 is 4.89. The van der Waals surface area contributed by atoms with Crippen LogP contribution in [-0.4, -0.2) is 34.5 Å². The van der Waals surface area contributed by atoms with Crippen LogP contribution in [0.5, 0.6) is 0 Å². The van der Waals surface area contributed by atoms with Crippen molar-refractivity contribution in [2.75, 3.05) is 13.2 Å². The van der Waals surface area contributed by atoms with Crippen molar-refractivity contribution in [1.29, 1.82) is 0 Å². The summed E-state index contributed by atoms with van der Waals surface area (Å²) in [5, 5.41) is 24.3. The van der Waals surface area contributed by atoms with E-state index in [1.54, 1.807) is 0 Å². The van der Waals surface area contributed by atoms with Gasteiger partial charge in [-0.25, -0.2) is 4.79 Å².